The Morgan fingerprint density at radius 1 is 0.885 bits per heavy atom. The van der Waals surface area contributed by atoms with Crippen molar-refractivity contribution in [1.82, 2.24) is 5.32 Å². The summed E-state index contributed by atoms with van der Waals surface area (Å²) in [6, 6.07) is 26.1. The predicted octanol–water partition coefficient (Wildman–Crippen LogP) is 4.78. The molecule has 3 rings (SSSR count). The Balaban J connectivity index is 1.60. The van der Waals surface area contributed by atoms with E-state index in [4.69, 9.17) is 4.74 Å². The van der Waals surface area contributed by atoms with Crippen LogP contribution in [0.1, 0.15) is 24.1 Å². The molecule has 26 heavy (non-hydrogen) atoms. The molecule has 3 nitrogen and oxygen atoms in total. The minimum atomic E-state index is -0.0365. The Bertz CT molecular complexity index is 840. The van der Waals surface area contributed by atoms with Gasteiger partial charge in [-0.05, 0) is 41.3 Å². The number of carbonyl (C=O) groups is 1. The molecule has 0 aliphatic heterocycles. The van der Waals surface area contributed by atoms with Gasteiger partial charge in [0.05, 0.1) is 19.6 Å². The summed E-state index contributed by atoms with van der Waals surface area (Å²) in [4.78, 5) is 12.3. The number of benzene rings is 3. The maximum Gasteiger partial charge on any atom is 0.224 e. The van der Waals surface area contributed by atoms with Gasteiger partial charge in [-0.15, -0.1) is 0 Å². The van der Waals surface area contributed by atoms with Crippen LogP contribution in [0.15, 0.2) is 78.9 Å². The van der Waals surface area contributed by atoms with E-state index in [1.54, 1.807) is 7.11 Å². The molecule has 0 spiro atoms. The zero-order valence-corrected chi connectivity index (χ0v) is 15.1. The lowest BCUT2D eigenvalue weighted by Gasteiger charge is -2.15. The first kappa shape index (κ1) is 17.7. The number of hydrogen-bond acceptors (Lipinski definition) is 2. The molecule has 1 N–H and O–H groups in total. The molecule has 132 valence electrons. The van der Waals surface area contributed by atoms with E-state index in [0.29, 0.717) is 6.42 Å². The van der Waals surface area contributed by atoms with Crippen molar-refractivity contribution in [3.8, 4) is 16.9 Å². The van der Waals surface area contributed by atoms with Gasteiger partial charge < -0.3 is 10.1 Å². The van der Waals surface area contributed by atoms with Crippen molar-refractivity contribution >= 4 is 5.91 Å². The van der Waals surface area contributed by atoms with Crippen molar-refractivity contribution in [1.29, 1.82) is 0 Å². The Morgan fingerprint density at radius 3 is 2.12 bits per heavy atom. The third-order valence-electron chi connectivity index (χ3n) is 4.42. The second-order valence-electron chi connectivity index (χ2n) is 6.30. The second kappa shape index (κ2) is 8.34. The lowest BCUT2D eigenvalue weighted by molar-refractivity contribution is -0.121. The van der Waals surface area contributed by atoms with E-state index in [1.807, 2.05) is 49.4 Å². The van der Waals surface area contributed by atoms with Crippen LogP contribution in [-0.4, -0.2) is 13.0 Å². The summed E-state index contributed by atoms with van der Waals surface area (Å²) in [6.07, 6.45) is 0.358. The summed E-state index contributed by atoms with van der Waals surface area (Å²) in [5.41, 5.74) is 4.42. The molecular weight excluding hydrogens is 322 g/mol. The minimum absolute atomic E-state index is 0.00908. The molecule has 0 radical (unpaired) electrons. The molecule has 0 bridgehead atoms. The molecule has 3 aromatic carbocycles. The third kappa shape index (κ3) is 4.51. The summed E-state index contributed by atoms with van der Waals surface area (Å²) in [5, 5.41) is 3.06. The van der Waals surface area contributed by atoms with Crippen LogP contribution in [0.5, 0.6) is 5.75 Å². The highest BCUT2D eigenvalue weighted by atomic mass is 16.5. The van der Waals surface area contributed by atoms with Crippen molar-refractivity contribution in [2.24, 2.45) is 0 Å². The molecule has 3 aromatic rings. The van der Waals surface area contributed by atoms with E-state index >= 15 is 0 Å². The summed E-state index contributed by atoms with van der Waals surface area (Å²) < 4.78 is 5.14. The van der Waals surface area contributed by atoms with Crippen LogP contribution in [0, 0.1) is 0 Å². The van der Waals surface area contributed by atoms with Gasteiger partial charge in [-0.2, -0.15) is 0 Å². The van der Waals surface area contributed by atoms with Crippen LogP contribution in [0.4, 0.5) is 0 Å². The Kier molecular flexibility index (Phi) is 5.69. The monoisotopic (exact) mass is 345 g/mol. The number of rotatable bonds is 6. The van der Waals surface area contributed by atoms with Gasteiger partial charge >= 0.3 is 0 Å². The molecule has 0 unspecified atom stereocenters. The number of nitrogens with one attached hydrogen (secondary N) is 1. The summed E-state index contributed by atoms with van der Waals surface area (Å²) in [6.45, 7) is 2.00. The van der Waals surface area contributed by atoms with Gasteiger partial charge in [-0.1, -0.05) is 66.7 Å². The van der Waals surface area contributed by atoms with Crippen molar-refractivity contribution in [3.63, 3.8) is 0 Å². The average Bonchev–Trinajstić information content (AvgIpc) is 2.69. The smallest absolute Gasteiger partial charge is 0.224 e. The van der Waals surface area contributed by atoms with E-state index in [-0.39, 0.29) is 11.9 Å². The molecule has 0 aliphatic rings. The Labute approximate surface area is 154 Å². The van der Waals surface area contributed by atoms with E-state index in [1.165, 1.54) is 11.1 Å². The van der Waals surface area contributed by atoms with Crippen LogP contribution in [0.2, 0.25) is 0 Å². The van der Waals surface area contributed by atoms with Crippen molar-refractivity contribution in [2.45, 2.75) is 19.4 Å². The van der Waals surface area contributed by atoms with E-state index in [0.717, 1.165) is 16.9 Å². The number of carbonyl (C=O) groups excluding carboxylic acids is 1. The molecule has 0 heterocycles. The SMILES string of the molecule is COc1ccc(CC(=O)N[C@H](C)c2ccc(-c3ccccc3)cc2)cc1. The molecule has 1 atom stereocenters. The first-order valence-electron chi connectivity index (χ1n) is 8.73. The van der Waals surface area contributed by atoms with Gasteiger partial charge in [0.1, 0.15) is 5.75 Å². The summed E-state index contributed by atoms with van der Waals surface area (Å²) >= 11 is 0. The number of amides is 1. The van der Waals surface area contributed by atoms with E-state index in [9.17, 15) is 4.79 Å². The lowest BCUT2D eigenvalue weighted by Crippen LogP contribution is -2.28. The van der Waals surface area contributed by atoms with Gasteiger partial charge in [0.2, 0.25) is 5.91 Å². The lowest BCUT2D eigenvalue weighted by atomic mass is 10.0. The van der Waals surface area contributed by atoms with Gasteiger partial charge in [0.15, 0.2) is 0 Å². The van der Waals surface area contributed by atoms with Crippen LogP contribution in [0.25, 0.3) is 11.1 Å². The minimum Gasteiger partial charge on any atom is -0.497 e. The molecule has 0 saturated carbocycles. The topological polar surface area (TPSA) is 38.3 Å². The Morgan fingerprint density at radius 2 is 1.50 bits per heavy atom. The predicted molar refractivity (Wildman–Crippen MR) is 105 cm³/mol. The van der Waals surface area contributed by atoms with Crippen LogP contribution >= 0.6 is 0 Å². The van der Waals surface area contributed by atoms with Crippen LogP contribution in [0.3, 0.4) is 0 Å². The zero-order valence-electron chi connectivity index (χ0n) is 15.1. The second-order valence-corrected chi connectivity index (χ2v) is 6.30. The number of ether oxygens (including phenoxy) is 1. The maximum atomic E-state index is 12.3. The van der Waals surface area contributed by atoms with Crippen LogP contribution < -0.4 is 10.1 Å². The van der Waals surface area contributed by atoms with Gasteiger partial charge in [-0.3, -0.25) is 4.79 Å². The fraction of sp³-hybridized carbons (Fsp3) is 0.174. The highest BCUT2D eigenvalue weighted by molar-refractivity contribution is 5.79. The largest absolute Gasteiger partial charge is 0.497 e. The van der Waals surface area contributed by atoms with Gasteiger partial charge in [0.25, 0.3) is 0 Å². The van der Waals surface area contributed by atoms with Crippen molar-refractivity contribution < 1.29 is 9.53 Å². The molecule has 3 heteroatoms. The van der Waals surface area contributed by atoms with Crippen molar-refractivity contribution in [3.05, 3.63) is 90.0 Å². The molecular formula is C23H23NO2. The molecule has 0 saturated heterocycles. The molecule has 0 fully saturated rings. The highest BCUT2D eigenvalue weighted by Crippen LogP contribution is 2.22. The standard InChI is InChI=1S/C23H23NO2/c1-17(24-23(25)16-18-8-14-22(26-2)15-9-18)19-10-12-21(13-11-19)20-6-4-3-5-7-20/h3-15,17H,16H2,1-2H3,(H,24,25)/t17-/m1/s1. The number of hydrogen-bond donors (Lipinski definition) is 1. The fourth-order valence-corrected chi connectivity index (χ4v) is 2.90. The number of methoxy groups -OCH3 is 1. The van der Waals surface area contributed by atoms with E-state index < -0.39 is 0 Å². The van der Waals surface area contributed by atoms with Crippen LogP contribution in [-0.2, 0) is 11.2 Å². The summed E-state index contributed by atoms with van der Waals surface area (Å²) in [7, 11) is 1.63. The maximum absolute atomic E-state index is 12.3. The molecule has 1 amide bonds. The first-order valence-corrected chi connectivity index (χ1v) is 8.73. The zero-order chi connectivity index (χ0) is 18.4. The van der Waals surface area contributed by atoms with Crippen molar-refractivity contribution in [2.75, 3.05) is 7.11 Å². The van der Waals surface area contributed by atoms with Gasteiger partial charge in [-0.25, -0.2) is 0 Å². The molecule has 0 aromatic heterocycles. The average molecular weight is 345 g/mol. The Hall–Kier alpha value is -3.07. The first-order chi connectivity index (χ1) is 12.7. The highest BCUT2D eigenvalue weighted by Gasteiger charge is 2.10. The quantitative estimate of drug-likeness (QED) is 0.698. The fourth-order valence-electron chi connectivity index (χ4n) is 2.90. The van der Waals surface area contributed by atoms with Gasteiger partial charge in [0, 0.05) is 0 Å². The third-order valence-corrected chi connectivity index (χ3v) is 4.42. The molecule has 0 aliphatic carbocycles. The summed E-state index contributed by atoms with van der Waals surface area (Å²) in [5.74, 6) is 0.802. The van der Waals surface area contributed by atoms with E-state index in [2.05, 4.69) is 41.7 Å². The normalized spacial score (nSPS) is 11.6.